The van der Waals surface area contributed by atoms with Crippen LogP contribution in [0.15, 0.2) is 23.1 Å². The highest BCUT2D eigenvalue weighted by molar-refractivity contribution is 7.91. The highest BCUT2D eigenvalue weighted by atomic mass is 32.2. The maximum Gasteiger partial charge on any atom is 0.178 e. The van der Waals surface area contributed by atoms with E-state index in [0.29, 0.717) is 4.90 Å². The molecule has 0 saturated carbocycles. The molecule has 1 aromatic rings. The van der Waals surface area contributed by atoms with Crippen molar-refractivity contribution in [2.24, 2.45) is 0 Å². The van der Waals surface area contributed by atoms with Crippen LogP contribution in [0.5, 0.6) is 0 Å². The van der Waals surface area contributed by atoms with Crippen LogP contribution in [0.25, 0.3) is 0 Å². The molecular weight excluding hydrogens is 236 g/mol. The lowest BCUT2D eigenvalue weighted by atomic mass is 9.87. The summed E-state index contributed by atoms with van der Waals surface area (Å²) in [5, 5.41) is 0. The SMILES string of the molecule is CC1(c2ccc3c(c2)CCCS3(=O)=O)CCO1. The lowest BCUT2D eigenvalue weighted by Gasteiger charge is -2.39. The van der Waals surface area contributed by atoms with Gasteiger partial charge in [0, 0.05) is 6.42 Å². The third-order valence-electron chi connectivity index (χ3n) is 3.87. The van der Waals surface area contributed by atoms with Crippen molar-refractivity contribution in [3.8, 4) is 0 Å². The van der Waals surface area contributed by atoms with Crippen molar-refractivity contribution < 1.29 is 13.2 Å². The van der Waals surface area contributed by atoms with Crippen molar-refractivity contribution in [3.63, 3.8) is 0 Å². The summed E-state index contributed by atoms with van der Waals surface area (Å²) in [5.41, 5.74) is 1.88. The van der Waals surface area contributed by atoms with Crippen molar-refractivity contribution >= 4 is 9.84 Å². The molecule has 17 heavy (non-hydrogen) atoms. The van der Waals surface area contributed by atoms with Crippen molar-refractivity contribution in [1.29, 1.82) is 0 Å². The Bertz CT molecular complexity index is 556. The Kier molecular flexibility index (Phi) is 2.35. The molecule has 3 nitrogen and oxygen atoms in total. The second-order valence-electron chi connectivity index (χ2n) is 5.07. The summed E-state index contributed by atoms with van der Waals surface area (Å²) in [7, 11) is -3.03. The molecule has 1 aromatic carbocycles. The van der Waals surface area contributed by atoms with E-state index in [1.54, 1.807) is 6.07 Å². The molecule has 2 heterocycles. The zero-order chi connectivity index (χ0) is 12.1. The van der Waals surface area contributed by atoms with Gasteiger partial charge in [0.05, 0.1) is 22.9 Å². The van der Waals surface area contributed by atoms with Gasteiger partial charge < -0.3 is 4.74 Å². The van der Waals surface area contributed by atoms with Crippen LogP contribution in [0.4, 0.5) is 0 Å². The maximum absolute atomic E-state index is 11.9. The predicted molar refractivity (Wildman–Crippen MR) is 64.7 cm³/mol. The first kappa shape index (κ1) is 11.2. The molecule has 1 saturated heterocycles. The molecule has 0 aliphatic carbocycles. The van der Waals surface area contributed by atoms with Gasteiger partial charge in [0.25, 0.3) is 0 Å². The van der Waals surface area contributed by atoms with E-state index in [0.717, 1.165) is 37.0 Å². The zero-order valence-corrected chi connectivity index (χ0v) is 10.7. The molecule has 1 unspecified atom stereocenters. The zero-order valence-electron chi connectivity index (χ0n) is 9.90. The van der Waals surface area contributed by atoms with Crippen LogP contribution in [0.1, 0.15) is 30.9 Å². The quantitative estimate of drug-likeness (QED) is 0.768. The van der Waals surface area contributed by atoms with Gasteiger partial charge in [-0.25, -0.2) is 8.42 Å². The third-order valence-corrected chi connectivity index (χ3v) is 5.76. The van der Waals surface area contributed by atoms with Crippen LogP contribution >= 0.6 is 0 Å². The summed E-state index contributed by atoms with van der Waals surface area (Å²) in [6.07, 6.45) is 2.60. The molecule has 0 radical (unpaired) electrons. The highest BCUT2D eigenvalue weighted by Gasteiger charge is 2.36. The number of benzene rings is 1. The number of hydrogen-bond acceptors (Lipinski definition) is 3. The van der Waals surface area contributed by atoms with Gasteiger partial charge in [-0.2, -0.15) is 0 Å². The summed E-state index contributed by atoms with van der Waals surface area (Å²) < 4.78 is 29.4. The predicted octanol–water partition coefficient (Wildman–Crippen LogP) is 2.04. The number of hydrogen-bond donors (Lipinski definition) is 0. The average Bonchev–Trinajstić information content (AvgIpc) is 2.25. The van der Waals surface area contributed by atoms with E-state index in [2.05, 4.69) is 6.92 Å². The summed E-state index contributed by atoms with van der Waals surface area (Å²) >= 11 is 0. The fourth-order valence-corrected chi connectivity index (χ4v) is 4.19. The minimum absolute atomic E-state index is 0.198. The molecule has 0 spiro atoms. The van der Waals surface area contributed by atoms with Gasteiger partial charge in [-0.15, -0.1) is 0 Å². The van der Waals surface area contributed by atoms with E-state index >= 15 is 0 Å². The van der Waals surface area contributed by atoms with E-state index in [9.17, 15) is 8.42 Å². The molecule has 0 bridgehead atoms. The summed E-state index contributed by atoms with van der Waals surface area (Å²) in [6, 6.07) is 5.68. The molecule has 4 heteroatoms. The van der Waals surface area contributed by atoms with E-state index in [-0.39, 0.29) is 11.4 Å². The first-order chi connectivity index (χ1) is 8.01. The van der Waals surface area contributed by atoms with Crippen LogP contribution in [-0.2, 0) is 26.6 Å². The van der Waals surface area contributed by atoms with Gasteiger partial charge in [-0.05, 0) is 37.0 Å². The monoisotopic (exact) mass is 252 g/mol. The Balaban J connectivity index is 2.08. The summed E-state index contributed by atoms with van der Waals surface area (Å²) in [5.74, 6) is 0.285. The summed E-state index contributed by atoms with van der Waals surface area (Å²) in [4.78, 5) is 0.524. The van der Waals surface area contributed by atoms with E-state index in [4.69, 9.17) is 4.74 Å². The average molecular weight is 252 g/mol. The normalized spacial score (nSPS) is 30.4. The minimum atomic E-state index is -3.03. The molecule has 0 amide bonds. The Morgan fingerprint density at radius 3 is 2.76 bits per heavy atom. The third kappa shape index (κ3) is 1.70. The topological polar surface area (TPSA) is 43.4 Å². The molecule has 3 rings (SSSR count). The fourth-order valence-electron chi connectivity index (χ4n) is 2.61. The van der Waals surface area contributed by atoms with Crippen LogP contribution < -0.4 is 0 Å². The Morgan fingerprint density at radius 2 is 2.12 bits per heavy atom. The largest absolute Gasteiger partial charge is 0.370 e. The smallest absolute Gasteiger partial charge is 0.178 e. The number of sulfone groups is 1. The Labute approximate surface area is 102 Å². The standard InChI is InChI=1S/C13H16O3S/c1-13(6-7-16-13)11-4-5-12-10(9-11)3-2-8-17(12,14)15/h4-5,9H,2-3,6-8H2,1H3. The minimum Gasteiger partial charge on any atom is -0.370 e. The second-order valence-corrected chi connectivity index (χ2v) is 7.15. The van der Waals surface area contributed by atoms with Crippen molar-refractivity contribution in [1.82, 2.24) is 0 Å². The highest BCUT2D eigenvalue weighted by Crippen LogP contribution is 2.38. The molecular formula is C13H16O3S. The molecule has 1 atom stereocenters. The number of fused-ring (bicyclic) bond motifs is 1. The lowest BCUT2D eigenvalue weighted by molar-refractivity contribution is -0.140. The van der Waals surface area contributed by atoms with Gasteiger partial charge in [0.2, 0.25) is 0 Å². The molecule has 2 aliphatic heterocycles. The molecule has 0 N–H and O–H groups in total. The van der Waals surface area contributed by atoms with Crippen molar-refractivity contribution in [2.75, 3.05) is 12.4 Å². The number of rotatable bonds is 1. The number of ether oxygens (including phenoxy) is 1. The van der Waals surface area contributed by atoms with Gasteiger partial charge in [0.1, 0.15) is 0 Å². The first-order valence-corrected chi connectivity index (χ1v) is 7.67. The number of aryl methyl sites for hydroxylation is 1. The van der Waals surface area contributed by atoms with Crippen LogP contribution in [0.3, 0.4) is 0 Å². The first-order valence-electron chi connectivity index (χ1n) is 6.01. The van der Waals surface area contributed by atoms with E-state index < -0.39 is 9.84 Å². The van der Waals surface area contributed by atoms with Crippen molar-refractivity contribution in [2.45, 2.75) is 36.7 Å². The maximum atomic E-state index is 11.9. The van der Waals surface area contributed by atoms with E-state index in [1.165, 1.54) is 0 Å². The van der Waals surface area contributed by atoms with Gasteiger partial charge in [-0.1, -0.05) is 12.1 Å². The van der Waals surface area contributed by atoms with Crippen molar-refractivity contribution in [3.05, 3.63) is 29.3 Å². The van der Waals surface area contributed by atoms with Gasteiger partial charge in [-0.3, -0.25) is 0 Å². The van der Waals surface area contributed by atoms with Crippen LogP contribution in [-0.4, -0.2) is 20.8 Å². The molecule has 2 aliphatic rings. The summed E-state index contributed by atoms with van der Waals surface area (Å²) in [6.45, 7) is 2.86. The molecule has 0 aromatic heterocycles. The van der Waals surface area contributed by atoms with Gasteiger partial charge >= 0.3 is 0 Å². The second kappa shape index (κ2) is 3.56. The lowest BCUT2D eigenvalue weighted by Crippen LogP contribution is -2.37. The molecule has 1 fully saturated rings. The Morgan fingerprint density at radius 1 is 1.35 bits per heavy atom. The van der Waals surface area contributed by atoms with Gasteiger partial charge in [0.15, 0.2) is 9.84 Å². The fraction of sp³-hybridized carbons (Fsp3) is 0.538. The van der Waals surface area contributed by atoms with Crippen LogP contribution in [0, 0.1) is 0 Å². The van der Waals surface area contributed by atoms with Crippen LogP contribution in [0.2, 0.25) is 0 Å². The van der Waals surface area contributed by atoms with E-state index in [1.807, 2.05) is 12.1 Å². The Hall–Kier alpha value is -0.870. The molecule has 92 valence electrons.